The number of nitrogens with one attached hydrogen (secondary N) is 2. The van der Waals surface area contributed by atoms with Crippen LogP contribution in [0, 0.1) is 6.92 Å². The van der Waals surface area contributed by atoms with Crippen molar-refractivity contribution in [3.63, 3.8) is 0 Å². The van der Waals surface area contributed by atoms with E-state index in [4.69, 9.17) is 9.47 Å². The van der Waals surface area contributed by atoms with Gasteiger partial charge in [-0.1, -0.05) is 0 Å². The van der Waals surface area contributed by atoms with Crippen LogP contribution in [-0.4, -0.2) is 62.8 Å². The molecule has 7 nitrogen and oxygen atoms in total. The molecule has 0 radical (unpaired) electrons. The SMILES string of the molecule is CN=C(NCCCc1nc(C)cs1)NC1CCN(Cc2cc(OC)cc(OC)c2)C1.I. The molecule has 172 valence electrons. The summed E-state index contributed by atoms with van der Waals surface area (Å²) >= 11 is 1.74. The molecule has 2 N–H and O–H groups in total. The molecule has 0 saturated carbocycles. The van der Waals surface area contributed by atoms with Gasteiger partial charge in [0.15, 0.2) is 5.96 Å². The van der Waals surface area contributed by atoms with E-state index in [1.54, 1.807) is 25.6 Å². The Bertz CT molecular complexity index is 823. The maximum absolute atomic E-state index is 5.39. The van der Waals surface area contributed by atoms with Gasteiger partial charge in [0.1, 0.15) is 11.5 Å². The van der Waals surface area contributed by atoms with Crippen molar-refractivity contribution in [1.82, 2.24) is 20.5 Å². The second-order valence-electron chi connectivity index (χ2n) is 7.57. The zero-order valence-electron chi connectivity index (χ0n) is 18.8. The summed E-state index contributed by atoms with van der Waals surface area (Å²) in [6.45, 7) is 5.85. The number of likely N-dealkylation sites (tertiary alicyclic amines) is 1. The lowest BCUT2D eigenvalue weighted by Gasteiger charge is -2.19. The Morgan fingerprint density at radius 2 is 2.00 bits per heavy atom. The number of benzene rings is 1. The molecule has 1 aliphatic heterocycles. The van der Waals surface area contributed by atoms with E-state index in [0.717, 1.165) is 68.6 Å². The van der Waals surface area contributed by atoms with E-state index in [-0.39, 0.29) is 24.0 Å². The average molecular weight is 560 g/mol. The third-order valence-corrected chi connectivity index (χ3v) is 6.21. The highest BCUT2D eigenvalue weighted by atomic mass is 127. The minimum Gasteiger partial charge on any atom is -0.497 e. The van der Waals surface area contributed by atoms with E-state index in [1.807, 2.05) is 20.0 Å². The zero-order chi connectivity index (χ0) is 21.3. The molecule has 31 heavy (non-hydrogen) atoms. The lowest BCUT2D eigenvalue weighted by atomic mass is 10.2. The van der Waals surface area contributed by atoms with Gasteiger partial charge >= 0.3 is 0 Å². The summed E-state index contributed by atoms with van der Waals surface area (Å²) in [5, 5.41) is 10.3. The molecule has 0 spiro atoms. The maximum atomic E-state index is 5.39. The second kappa shape index (κ2) is 13.1. The largest absolute Gasteiger partial charge is 0.497 e. The van der Waals surface area contributed by atoms with E-state index in [0.29, 0.717) is 6.04 Å². The van der Waals surface area contributed by atoms with Gasteiger partial charge < -0.3 is 20.1 Å². The number of nitrogens with zero attached hydrogens (tertiary/aromatic N) is 3. The summed E-state index contributed by atoms with van der Waals surface area (Å²) in [5.41, 5.74) is 2.31. The molecule has 1 unspecified atom stereocenters. The van der Waals surface area contributed by atoms with Gasteiger partial charge in [0.25, 0.3) is 0 Å². The van der Waals surface area contributed by atoms with Crippen molar-refractivity contribution >= 4 is 41.3 Å². The van der Waals surface area contributed by atoms with Gasteiger partial charge in [0, 0.05) is 62.8 Å². The van der Waals surface area contributed by atoms with Crippen LogP contribution in [0.4, 0.5) is 0 Å². The Labute approximate surface area is 206 Å². The maximum Gasteiger partial charge on any atom is 0.191 e. The monoisotopic (exact) mass is 559 g/mol. The first-order chi connectivity index (χ1) is 14.6. The van der Waals surface area contributed by atoms with Crippen molar-refractivity contribution in [2.45, 2.75) is 38.8 Å². The third kappa shape index (κ3) is 8.12. The van der Waals surface area contributed by atoms with Crippen LogP contribution in [0.3, 0.4) is 0 Å². The number of thiazole rings is 1. The summed E-state index contributed by atoms with van der Waals surface area (Å²) < 4.78 is 10.8. The Morgan fingerprint density at radius 1 is 1.26 bits per heavy atom. The fraction of sp³-hybridized carbons (Fsp3) is 0.545. The molecule has 3 rings (SSSR count). The number of ether oxygens (including phenoxy) is 2. The van der Waals surface area contributed by atoms with Crippen molar-refractivity contribution in [2.75, 3.05) is 40.9 Å². The lowest BCUT2D eigenvalue weighted by molar-refractivity contribution is 0.321. The number of aliphatic imine (C=N–C) groups is 1. The van der Waals surface area contributed by atoms with Crippen LogP contribution < -0.4 is 20.1 Å². The van der Waals surface area contributed by atoms with E-state index in [2.05, 4.69) is 43.0 Å². The first-order valence-electron chi connectivity index (χ1n) is 10.4. The van der Waals surface area contributed by atoms with Gasteiger partial charge in [-0.15, -0.1) is 35.3 Å². The molecule has 2 heterocycles. The lowest BCUT2D eigenvalue weighted by Crippen LogP contribution is -2.44. The van der Waals surface area contributed by atoms with Crippen LogP contribution in [0.5, 0.6) is 11.5 Å². The summed E-state index contributed by atoms with van der Waals surface area (Å²) in [7, 11) is 5.20. The average Bonchev–Trinajstić information content (AvgIpc) is 3.38. The number of aryl methyl sites for hydroxylation is 2. The number of hydrogen-bond acceptors (Lipinski definition) is 6. The van der Waals surface area contributed by atoms with Crippen LogP contribution in [0.1, 0.15) is 29.1 Å². The van der Waals surface area contributed by atoms with Crippen LogP contribution in [0.25, 0.3) is 0 Å². The number of aromatic nitrogens is 1. The number of guanidine groups is 1. The molecule has 2 aromatic rings. The van der Waals surface area contributed by atoms with Crippen molar-refractivity contribution < 1.29 is 9.47 Å². The van der Waals surface area contributed by atoms with Crippen LogP contribution in [-0.2, 0) is 13.0 Å². The Kier molecular flexibility index (Phi) is 10.8. The predicted octanol–water partition coefficient (Wildman–Crippen LogP) is 3.46. The topological polar surface area (TPSA) is 71.0 Å². The van der Waals surface area contributed by atoms with Crippen LogP contribution in [0.15, 0.2) is 28.6 Å². The second-order valence-corrected chi connectivity index (χ2v) is 8.51. The first kappa shape index (κ1) is 25.7. The predicted molar refractivity (Wildman–Crippen MR) is 138 cm³/mol. The summed E-state index contributed by atoms with van der Waals surface area (Å²) in [4.78, 5) is 11.4. The minimum absolute atomic E-state index is 0. The molecule has 9 heteroatoms. The summed E-state index contributed by atoms with van der Waals surface area (Å²) in [5.74, 6) is 2.53. The van der Waals surface area contributed by atoms with Gasteiger partial charge in [-0.25, -0.2) is 4.98 Å². The van der Waals surface area contributed by atoms with Crippen molar-refractivity contribution in [3.8, 4) is 11.5 Å². The third-order valence-electron chi connectivity index (χ3n) is 5.18. The minimum atomic E-state index is 0. The molecule has 1 atom stereocenters. The van der Waals surface area contributed by atoms with Gasteiger partial charge in [-0.05, 0) is 37.5 Å². The van der Waals surface area contributed by atoms with Crippen LogP contribution in [0.2, 0.25) is 0 Å². The molecule has 1 saturated heterocycles. The highest BCUT2D eigenvalue weighted by Gasteiger charge is 2.23. The number of halogens is 1. The van der Waals surface area contributed by atoms with Crippen molar-refractivity contribution in [2.24, 2.45) is 4.99 Å². The molecule has 1 aliphatic rings. The number of rotatable bonds is 9. The normalized spacial score (nSPS) is 16.6. The molecule has 1 aromatic heterocycles. The first-order valence-corrected chi connectivity index (χ1v) is 11.3. The Morgan fingerprint density at radius 3 is 2.61 bits per heavy atom. The van der Waals surface area contributed by atoms with Gasteiger partial charge in [-0.3, -0.25) is 9.89 Å². The molecule has 1 fully saturated rings. The quantitative estimate of drug-likeness (QED) is 0.212. The summed E-state index contributed by atoms with van der Waals surface area (Å²) in [6.07, 6.45) is 3.14. The highest BCUT2D eigenvalue weighted by Crippen LogP contribution is 2.24. The van der Waals surface area contributed by atoms with Gasteiger partial charge in [0.2, 0.25) is 0 Å². The molecule has 0 bridgehead atoms. The van der Waals surface area contributed by atoms with E-state index < -0.39 is 0 Å². The van der Waals surface area contributed by atoms with Crippen molar-refractivity contribution in [3.05, 3.63) is 39.8 Å². The number of hydrogen-bond donors (Lipinski definition) is 2. The van der Waals surface area contributed by atoms with E-state index in [1.165, 1.54) is 10.6 Å². The Hall–Kier alpha value is -1.59. The Balaban J connectivity index is 0.00000341. The molecule has 0 amide bonds. The van der Waals surface area contributed by atoms with Crippen molar-refractivity contribution in [1.29, 1.82) is 0 Å². The van der Waals surface area contributed by atoms with Crippen LogP contribution >= 0.6 is 35.3 Å². The summed E-state index contributed by atoms with van der Waals surface area (Å²) in [6, 6.07) is 6.45. The molecule has 0 aliphatic carbocycles. The zero-order valence-corrected chi connectivity index (χ0v) is 22.0. The smallest absolute Gasteiger partial charge is 0.191 e. The number of methoxy groups -OCH3 is 2. The molecular formula is C22H34IN5O2S. The fourth-order valence-electron chi connectivity index (χ4n) is 3.66. The molecule has 1 aromatic carbocycles. The van der Waals surface area contributed by atoms with Gasteiger partial charge in [0.05, 0.1) is 19.2 Å². The van der Waals surface area contributed by atoms with E-state index >= 15 is 0 Å². The van der Waals surface area contributed by atoms with E-state index in [9.17, 15) is 0 Å². The van der Waals surface area contributed by atoms with Gasteiger partial charge in [-0.2, -0.15) is 0 Å². The molecular weight excluding hydrogens is 525 g/mol. The standard InChI is InChI=1S/C22H33N5O2S.HI/c1-16-15-30-21(25-16)6-5-8-24-22(23-2)26-18-7-9-27(14-18)13-17-10-19(28-3)12-20(11-17)29-4;/h10-12,15,18H,5-9,13-14H2,1-4H3,(H2,23,24,26);1H. The highest BCUT2D eigenvalue weighted by molar-refractivity contribution is 14.0. The fourth-order valence-corrected chi connectivity index (χ4v) is 4.48.